The number of alkyl halides is 1. The lowest BCUT2D eigenvalue weighted by atomic mass is 9.47. The van der Waals surface area contributed by atoms with Crippen molar-refractivity contribution in [3.63, 3.8) is 0 Å². The van der Waals surface area contributed by atoms with Crippen LogP contribution in [0.1, 0.15) is 298 Å². The van der Waals surface area contributed by atoms with Gasteiger partial charge in [0.2, 0.25) is 8.32 Å². The number of rotatable bonds is 21. The van der Waals surface area contributed by atoms with E-state index >= 15 is 0 Å². The van der Waals surface area contributed by atoms with Crippen molar-refractivity contribution >= 4 is 61.1 Å². The van der Waals surface area contributed by atoms with E-state index < -0.39 is 45.2 Å². The lowest BCUT2D eigenvalue weighted by molar-refractivity contribution is -0.0584. The molecule has 0 amide bonds. The molecule has 12 aliphatic rings. The largest absolute Gasteiger partial charge is 0.414 e. The molecule has 22 atom stereocenters. The summed E-state index contributed by atoms with van der Waals surface area (Å²) in [7, 11) is -12.9. The van der Waals surface area contributed by atoms with Gasteiger partial charge in [-0.1, -0.05) is 255 Å². The highest BCUT2D eigenvalue weighted by Gasteiger charge is 2.63. The van der Waals surface area contributed by atoms with E-state index in [-0.39, 0.29) is 56.1 Å². The lowest BCUT2D eigenvalue weighted by Gasteiger charge is -2.59. The molecular formula is C101H163BrO9S2Si3. The summed E-state index contributed by atoms with van der Waals surface area (Å²) in [6.07, 6.45) is 41.4. The topological polar surface area (TPSA) is 114 Å². The van der Waals surface area contributed by atoms with Gasteiger partial charge in [-0.2, -0.15) is 16.8 Å². The van der Waals surface area contributed by atoms with E-state index in [2.05, 4.69) is 218 Å². The van der Waals surface area contributed by atoms with Crippen molar-refractivity contribution in [1.82, 2.24) is 0 Å². The van der Waals surface area contributed by atoms with E-state index in [9.17, 15) is 16.8 Å². The van der Waals surface area contributed by atoms with Crippen LogP contribution < -0.4 is 0 Å². The summed E-state index contributed by atoms with van der Waals surface area (Å²) in [4.78, 5) is 0.508. The zero-order valence-corrected chi connectivity index (χ0v) is 84.2. The second-order valence-electron chi connectivity index (χ2n) is 46.2. The molecule has 0 spiro atoms. The highest BCUT2D eigenvalue weighted by atomic mass is 79.9. The molecule has 0 bridgehead atoms. The standard InChI is InChI=1S/C38H62O4SSi.C35H54O4SSi.C28H47BrOSi/c1-25(2)44(26(3)4,27(5)6)42-31-19-21-37(9)30(23-31)13-16-33-35-18-17-34(38(35,10)22-20-36(33)37)29(8)24-41-43(39,40)32-14-11-28(7)12-15-32;1-24-10-13-28(14-11-24)40(36,37)38-23-25(2)30-16-17-31-29-15-12-26-22-27(39-41(8,9)33(3,4)5)18-20-34(26,6)32(29)19-21-35(30,31)7;1-19(18-29)23-11-12-24-22-10-9-20-17-21(30-31(7,8)26(2,3)4)13-15-27(20,5)25(22)14-16-28(23,24)6/h11-15,25-27,29,31,33-36H,16-24H2,1-10H3;10-15,25,27,30-32H,16-23H2,1-9H3;9-10,19,21,23-25H,11-18H2,1-8H3/t29-,31-,33-,34+,35-,36-,37-,38+;25-,27-,30+,31-,32-,34-,35+;19-,21-,23+,24-,25-,27-,28+/m000/s1. The van der Waals surface area contributed by atoms with Crippen molar-refractivity contribution in [2.75, 3.05) is 18.5 Å². The second-order valence-corrected chi connectivity index (χ2v) is 65.0. The van der Waals surface area contributed by atoms with Gasteiger partial charge < -0.3 is 13.3 Å². The van der Waals surface area contributed by atoms with Gasteiger partial charge in [0.1, 0.15) is 0 Å². The van der Waals surface area contributed by atoms with Crippen molar-refractivity contribution in [3.8, 4) is 0 Å². The first-order valence-electron chi connectivity index (χ1n) is 46.9. The minimum atomic E-state index is -3.74. The fourth-order valence-corrected chi connectivity index (χ4v) is 38.8. The van der Waals surface area contributed by atoms with Crippen LogP contribution in [0, 0.1) is 123 Å². The van der Waals surface area contributed by atoms with Gasteiger partial charge in [0.05, 0.1) is 23.0 Å². The maximum absolute atomic E-state index is 12.9. The fourth-order valence-electron chi connectivity index (χ4n) is 28.0. The zero-order chi connectivity index (χ0) is 85.1. The minimum Gasteiger partial charge on any atom is -0.414 e. The number of hydrogen-bond donors (Lipinski definition) is 0. The van der Waals surface area contributed by atoms with Crippen LogP contribution in [0.25, 0.3) is 0 Å². The normalized spacial score (nSPS) is 36.6. The van der Waals surface area contributed by atoms with Crippen LogP contribution >= 0.6 is 15.9 Å². The van der Waals surface area contributed by atoms with Gasteiger partial charge in [0, 0.05) is 23.6 Å². The van der Waals surface area contributed by atoms with Gasteiger partial charge >= 0.3 is 0 Å². The number of aryl methyl sites for hydroxylation is 2. The van der Waals surface area contributed by atoms with E-state index in [1.165, 1.54) is 116 Å². The minimum absolute atomic E-state index is 0.190. The summed E-state index contributed by atoms with van der Waals surface area (Å²) in [6.45, 7) is 64.9. The Morgan fingerprint density at radius 1 is 0.422 bits per heavy atom. The molecule has 9 fully saturated rings. The van der Waals surface area contributed by atoms with Crippen LogP contribution in [0.3, 0.4) is 0 Å². The Morgan fingerprint density at radius 3 is 1.20 bits per heavy atom. The summed E-state index contributed by atoms with van der Waals surface area (Å²) < 4.78 is 84.1. The Bertz CT molecular complexity index is 4180. The van der Waals surface area contributed by atoms with Gasteiger partial charge in [-0.25, -0.2) is 0 Å². The molecule has 116 heavy (non-hydrogen) atoms. The second kappa shape index (κ2) is 34.4. The third kappa shape index (κ3) is 17.5. The maximum Gasteiger partial charge on any atom is 0.296 e. The third-order valence-electron chi connectivity index (χ3n) is 36.8. The summed E-state index contributed by atoms with van der Waals surface area (Å²) in [5, 5.41) is 1.68. The van der Waals surface area contributed by atoms with Crippen LogP contribution in [-0.2, 0) is 41.9 Å². The average molecular weight is 1750 g/mol. The Morgan fingerprint density at radius 2 is 0.793 bits per heavy atom. The highest BCUT2D eigenvalue weighted by molar-refractivity contribution is 9.09. The van der Waals surface area contributed by atoms with E-state index in [0.717, 1.165) is 77.6 Å². The zero-order valence-electron chi connectivity index (χ0n) is 78.0. The molecule has 0 saturated heterocycles. The van der Waals surface area contributed by atoms with Gasteiger partial charge in [0.15, 0.2) is 16.6 Å². The quantitative estimate of drug-likeness (QED) is 0.0522. The number of halogens is 1. The van der Waals surface area contributed by atoms with E-state index in [1.807, 2.05) is 43.7 Å². The van der Waals surface area contributed by atoms with Crippen LogP contribution in [0.5, 0.6) is 0 Å². The van der Waals surface area contributed by atoms with Crippen molar-refractivity contribution < 1.29 is 38.5 Å². The monoisotopic (exact) mass is 1750 g/mol. The highest BCUT2D eigenvalue weighted by Crippen LogP contribution is 2.71. The Kier molecular flexibility index (Phi) is 27.6. The molecule has 2 aromatic carbocycles. The molecule has 14 rings (SSSR count). The van der Waals surface area contributed by atoms with Crippen LogP contribution in [0.4, 0.5) is 0 Å². The van der Waals surface area contributed by atoms with Crippen molar-refractivity contribution in [2.45, 2.75) is 381 Å². The van der Waals surface area contributed by atoms with Crippen molar-refractivity contribution in [1.29, 1.82) is 0 Å². The maximum atomic E-state index is 12.9. The first-order chi connectivity index (χ1) is 53.9. The number of hydrogen-bond acceptors (Lipinski definition) is 9. The first-order valence-corrected chi connectivity index (χ1v) is 58.8. The summed E-state index contributed by atoms with van der Waals surface area (Å²) in [6, 6.07) is 13.9. The Labute approximate surface area is 721 Å². The number of allylic oxidation sites excluding steroid dienone is 7. The molecule has 15 heteroatoms. The molecule has 9 saturated carbocycles. The fraction of sp³-hybridized carbons (Fsp3) is 0.782. The molecule has 652 valence electrons. The molecule has 0 N–H and O–H groups in total. The predicted octanol–water partition coefficient (Wildman–Crippen LogP) is 28.6. The van der Waals surface area contributed by atoms with E-state index in [0.29, 0.717) is 85.8 Å². The molecule has 12 aliphatic carbocycles. The molecule has 0 aliphatic heterocycles. The summed E-state index contributed by atoms with van der Waals surface area (Å²) in [5.74, 6) is 8.06. The Hall–Kier alpha value is -2.03. The predicted molar refractivity (Wildman–Crippen MR) is 496 cm³/mol. The lowest BCUT2D eigenvalue weighted by Crippen LogP contribution is -2.53. The third-order valence-corrected chi connectivity index (χ3v) is 55.7. The first kappa shape index (κ1) is 93.1. The van der Waals surface area contributed by atoms with Gasteiger partial charge in [-0.15, -0.1) is 0 Å². The van der Waals surface area contributed by atoms with Gasteiger partial charge in [-0.05, 0) is 342 Å². The molecule has 2 aromatic rings. The molecule has 0 radical (unpaired) electrons. The van der Waals surface area contributed by atoms with E-state index in [4.69, 9.17) is 21.6 Å². The number of fused-ring (bicyclic) bond motifs is 15. The number of benzene rings is 2. The van der Waals surface area contributed by atoms with Crippen LogP contribution in [0.2, 0.25) is 52.9 Å². The molecule has 9 nitrogen and oxygen atoms in total. The summed E-state index contributed by atoms with van der Waals surface area (Å²) >= 11 is 3.79. The van der Waals surface area contributed by atoms with E-state index in [1.54, 1.807) is 46.6 Å². The van der Waals surface area contributed by atoms with Crippen LogP contribution in [-0.4, -0.2) is 78.6 Å². The van der Waals surface area contributed by atoms with Crippen molar-refractivity contribution in [2.24, 2.45) is 109 Å². The summed E-state index contributed by atoms with van der Waals surface area (Å²) in [5.41, 5.74) is 14.4. The molecule has 0 aromatic heterocycles. The SMILES string of the molecule is C[C@@H](CBr)[C@H]1CC[C@H]2C3=CC=C4C[C@@H](O[Si](C)(C)C(C)(C)C)CC[C@]4(C)[C@H]3CC[C@]12C.Cc1ccc(S(=O)(=O)OC[C@H](C)[C@H]2CC[C@H]3C4=CC=C5C[C@@H](O[Si](C)(C)C(C)(C)C)CC[C@]5(C)[C@H]4CC[C@]23C)cc1.Cc1ccc(S(=O)(=O)OC[C@H](C)[C@H]2CC[C@H]3[C@@H]4CC=C5C[C@@H](O[Si](C(C)C)(C(C)C)C(C)C)CC[C@]5(C)[C@H]4CC[C@]23C)cc1. The average Bonchev–Trinajstić information content (AvgIpc) is 1.48. The molecule has 0 heterocycles. The molecular weight excluding hydrogens is 1590 g/mol. The van der Waals surface area contributed by atoms with Gasteiger partial charge in [-0.3, -0.25) is 8.37 Å². The van der Waals surface area contributed by atoms with Crippen LogP contribution in [0.15, 0.2) is 117 Å². The Balaban J connectivity index is 0.000000163. The molecule has 0 unspecified atom stereocenters. The van der Waals surface area contributed by atoms with Gasteiger partial charge in [0.25, 0.3) is 20.2 Å². The smallest absolute Gasteiger partial charge is 0.296 e. The van der Waals surface area contributed by atoms with Crippen molar-refractivity contribution in [3.05, 3.63) is 118 Å².